The van der Waals surface area contributed by atoms with Crippen molar-refractivity contribution in [2.45, 2.75) is 76.8 Å². The van der Waals surface area contributed by atoms with Crippen LogP contribution in [0.2, 0.25) is 0 Å². The van der Waals surface area contributed by atoms with E-state index >= 15 is 0 Å². The summed E-state index contributed by atoms with van der Waals surface area (Å²) in [6, 6.07) is 5.00. The van der Waals surface area contributed by atoms with E-state index in [0.717, 1.165) is 38.9 Å². The number of hydrogen-bond acceptors (Lipinski definition) is 13. The zero-order chi connectivity index (χ0) is 33.1. The Hall–Kier alpha value is -3.17. The summed E-state index contributed by atoms with van der Waals surface area (Å²) in [4.78, 5) is 28.6. The van der Waals surface area contributed by atoms with Crippen LogP contribution in [0.25, 0.3) is 0 Å². The molecule has 2 aromatic rings. The number of methoxy groups -OCH3 is 1. The van der Waals surface area contributed by atoms with Crippen LogP contribution >= 0.6 is 0 Å². The highest BCUT2D eigenvalue weighted by atomic mass is 19.1. The van der Waals surface area contributed by atoms with Crippen molar-refractivity contribution in [1.29, 1.82) is 0 Å². The molecule has 13 nitrogen and oxygen atoms in total. The largest absolute Gasteiger partial charge is 0.423 e. The summed E-state index contributed by atoms with van der Waals surface area (Å²) in [6.07, 6.45) is 9.30. The van der Waals surface area contributed by atoms with Crippen LogP contribution in [0.4, 0.5) is 27.9 Å². The molecule has 1 aliphatic carbocycles. The molecule has 2 heterocycles. The van der Waals surface area contributed by atoms with Gasteiger partial charge in [-0.2, -0.15) is 15.0 Å². The number of anilines is 4. The molecule has 3 N–H and O–H groups in total. The highest BCUT2D eigenvalue weighted by molar-refractivity contribution is 5.72. The van der Waals surface area contributed by atoms with Gasteiger partial charge < -0.3 is 39.6 Å². The first-order valence-electron chi connectivity index (χ1n) is 17.0. The lowest BCUT2D eigenvalue weighted by Crippen LogP contribution is -2.35. The second kappa shape index (κ2) is 20.9. The second-order valence-corrected chi connectivity index (χ2v) is 11.8. The number of carbonyl (C=O) groups is 1. The monoisotopic (exact) mass is 661 g/mol. The number of rotatable bonds is 21. The van der Waals surface area contributed by atoms with Gasteiger partial charge in [0.1, 0.15) is 0 Å². The quantitative estimate of drug-likeness (QED) is 0.0732. The summed E-state index contributed by atoms with van der Waals surface area (Å²) in [5.41, 5.74) is 0.417. The predicted octanol–water partition coefficient (Wildman–Crippen LogP) is 4.78. The van der Waals surface area contributed by atoms with E-state index in [2.05, 4.69) is 42.7 Å². The van der Waals surface area contributed by atoms with Gasteiger partial charge in [0.25, 0.3) is 0 Å². The average molecular weight is 662 g/mol. The molecule has 14 heteroatoms. The Balaban J connectivity index is 1.27. The summed E-state index contributed by atoms with van der Waals surface area (Å²) in [6.45, 7) is 7.85. The van der Waals surface area contributed by atoms with Crippen LogP contribution in [-0.2, 0) is 23.7 Å². The van der Waals surface area contributed by atoms with E-state index in [0.29, 0.717) is 75.3 Å². The molecule has 1 atom stereocenters. The number of halogens is 1. The van der Waals surface area contributed by atoms with Crippen LogP contribution < -0.4 is 20.7 Å². The third-order valence-corrected chi connectivity index (χ3v) is 8.26. The van der Waals surface area contributed by atoms with Crippen LogP contribution in [0.15, 0.2) is 18.2 Å². The Morgan fingerprint density at radius 1 is 0.872 bits per heavy atom. The van der Waals surface area contributed by atoms with E-state index in [1.165, 1.54) is 44.2 Å². The van der Waals surface area contributed by atoms with Crippen LogP contribution in [0.3, 0.4) is 0 Å². The number of esters is 1. The van der Waals surface area contributed by atoms with E-state index < -0.39 is 11.8 Å². The normalized spacial score (nSPS) is 17.4. The van der Waals surface area contributed by atoms with Crippen LogP contribution in [0.1, 0.15) is 64.7 Å². The maximum atomic E-state index is 15.0. The second-order valence-electron chi connectivity index (χ2n) is 11.8. The number of carbonyl (C=O) groups excluding carboxylic acids is 1. The van der Waals surface area contributed by atoms with Gasteiger partial charge in [0.05, 0.1) is 52.7 Å². The fraction of sp³-hybridized carbons (Fsp3) is 0.697. The molecule has 1 aliphatic heterocycles. The third-order valence-electron chi connectivity index (χ3n) is 8.26. The molecule has 0 radical (unpaired) electrons. The van der Waals surface area contributed by atoms with Gasteiger partial charge in [-0.3, -0.25) is 9.69 Å². The van der Waals surface area contributed by atoms with Crippen molar-refractivity contribution in [1.82, 2.24) is 19.9 Å². The number of likely N-dealkylation sites (N-methyl/N-ethyl adjacent to an activating group) is 1. The minimum absolute atomic E-state index is 0.0200. The molecular weight excluding hydrogens is 609 g/mol. The summed E-state index contributed by atoms with van der Waals surface area (Å²) >= 11 is 0. The summed E-state index contributed by atoms with van der Waals surface area (Å²) in [5, 5.41) is 10.0. The zero-order valence-electron chi connectivity index (χ0n) is 27.9. The summed E-state index contributed by atoms with van der Waals surface area (Å²) in [5.74, 6) is -0.195. The molecule has 1 saturated heterocycles. The molecule has 2 fully saturated rings. The lowest BCUT2D eigenvalue weighted by atomic mass is 10.1. The van der Waals surface area contributed by atoms with Gasteiger partial charge in [-0.1, -0.05) is 32.6 Å². The van der Waals surface area contributed by atoms with Crippen molar-refractivity contribution in [2.75, 3.05) is 88.9 Å². The lowest BCUT2D eigenvalue weighted by molar-refractivity contribution is -0.135. The molecule has 0 spiro atoms. The van der Waals surface area contributed by atoms with Gasteiger partial charge in [-0.15, -0.1) is 0 Å². The number of ether oxygens (including phenoxy) is 5. The van der Waals surface area contributed by atoms with Gasteiger partial charge in [0, 0.05) is 37.5 Å². The molecular formula is C33H52FN7O6. The number of benzene rings is 1. The Morgan fingerprint density at radius 3 is 2.26 bits per heavy atom. The smallest absolute Gasteiger partial charge is 0.313 e. The van der Waals surface area contributed by atoms with E-state index in [-0.39, 0.29) is 18.8 Å². The van der Waals surface area contributed by atoms with Crippen molar-refractivity contribution < 1.29 is 32.9 Å². The standard InChI is InChI=1S/C33H52FN7O6/c1-3-41-15-8-11-27(41)24-35-31-38-32(36-25-9-6-4-5-7-10-25)40-33(39-31)37-26-12-13-29(28(34)23-26)47-30(42)14-16-44-19-20-46-22-21-45-18-17-43-2/h12-13,23,25,27H,3-11,14-22,24H2,1-2H3,(H3,35,36,37,38,39,40). The fourth-order valence-corrected chi connectivity index (χ4v) is 5.74. The van der Waals surface area contributed by atoms with E-state index in [9.17, 15) is 9.18 Å². The van der Waals surface area contributed by atoms with Gasteiger partial charge in [0.15, 0.2) is 11.6 Å². The highest BCUT2D eigenvalue weighted by Crippen LogP contribution is 2.25. The maximum Gasteiger partial charge on any atom is 0.313 e. The van der Waals surface area contributed by atoms with E-state index in [1.54, 1.807) is 13.2 Å². The fourth-order valence-electron chi connectivity index (χ4n) is 5.74. The highest BCUT2D eigenvalue weighted by Gasteiger charge is 2.23. The van der Waals surface area contributed by atoms with E-state index in [4.69, 9.17) is 23.7 Å². The first-order valence-corrected chi connectivity index (χ1v) is 17.0. The molecule has 1 aromatic heterocycles. The number of likely N-dealkylation sites (tertiary alicyclic amines) is 1. The minimum Gasteiger partial charge on any atom is -0.423 e. The lowest BCUT2D eigenvalue weighted by Gasteiger charge is -2.23. The molecule has 2 aliphatic rings. The van der Waals surface area contributed by atoms with Gasteiger partial charge in [-0.25, -0.2) is 4.39 Å². The molecule has 1 aromatic carbocycles. The molecule has 262 valence electrons. The summed E-state index contributed by atoms with van der Waals surface area (Å²) < 4.78 is 41.2. The van der Waals surface area contributed by atoms with Gasteiger partial charge in [0.2, 0.25) is 17.8 Å². The van der Waals surface area contributed by atoms with Gasteiger partial charge in [-0.05, 0) is 50.9 Å². The SMILES string of the molecule is CCN1CCCC1CNc1nc(Nc2ccc(OC(=O)CCOCCOCCOCCOC)c(F)c2)nc(NC2CCCCCC2)n1. The minimum atomic E-state index is -0.685. The first-order chi connectivity index (χ1) is 23.0. The molecule has 0 amide bonds. The van der Waals surface area contributed by atoms with Gasteiger partial charge >= 0.3 is 5.97 Å². The van der Waals surface area contributed by atoms with Crippen LogP contribution in [0, 0.1) is 5.82 Å². The van der Waals surface area contributed by atoms with Crippen molar-refractivity contribution in [3.63, 3.8) is 0 Å². The Labute approximate surface area is 277 Å². The molecule has 1 saturated carbocycles. The molecule has 47 heavy (non-hydrogen) atoms. The molecule has 4 rings (SSSR count). The average Bonchev–Trinajstić information content (AvgIpc) is 3.38. The first kappa shape index (κ1) is 36.7. The molecule has 1 unspecified atom stereocenters. The van der Waals surface area contributed by atoms with E-state index in [1.807, 2.05) is 0 Å². The van der Waals surface area contributed by atoms with Crippen molar-refractivity contribution in [3.05, 3.63) is 24.0 Å². The van der Waals surface area contributed by atoms with Crippen molar-refractivity contribution in [2.24, 2.45) is 0 Å². The maximum absolute atomic E-state index is 15.0. The van der Waals surface area contributed by atoms with Crippen molar-refractivity contribution in [3.8, 4) is 5.75 Å². The Kier molecular flexibility index (Phi) is 16.3. The van der Waals surface area contributed by atoms with Crippen LogP contribution in [-0.4, -0.2) is 111 Å². The van der Waals surface area contributed by atoms with Crippen molar-refractivity contribution >= 4 is 29.5 Å². The van der Waals surface area contributed by atoms with Crippen LogP contribution in [0.5, 0.6) is 5.75 Å². The topological polar surface area (TPSA) is 141 Å². The zero-order valence-corrected chi connectivity index (χ0v) is 27.9. The summed E-state index contributed by atoms with van der Waals surface area (Å²) in [7, 11) is 1.62. The number of nitrogens with one attached hydrogen (secondary N) is 3. The Bertz CT molecular complexity index is 1200. The third kappa shape index (κ3) is 13.5. The number of nitrogens with zero attached hydrogens (tertiary/aromatic N) is 4. The predicted molar refractivity (Wildman–Crippen MR) is 178 cm³/mol. The number of hydrogen-bond donors (Lipinski definition) is 3. The Morgan fingerprint density at radius 2 is 1.55 bits per heavy atom. The number of aromatic nitrogens is 3. The molecule has 0 bridgehead atoms.